The van der Waals surface area contributed by atoms with Crippen molar-refractivity contribution in [2.24, 2.45) is 5.73 Å². The summed E-state index contributed by atoms with van der Waals surface area (Å²) in [6.45, 7) is 18.5. The minimum atomic E-state index is -4.64. The molecule has 0 spiro atoms. The second-order valence-electron chi connectivity index (χ2n) is 14.9. The average Bonchev–Trinajstić information content (AvgIpc) is 3.21. The van der Waals surface area contributed by atoms with Gasteiger partial charge in [-0.3, -0.25) is 0 Å². The minimum Gasteiger partial charge on any atom is -0.444 e. The Morgan fingerprint density at radius 2 is 1.69 bits per heavy atom. The second kappa shape index (κ2) is 15.1. The van der Waals surface area contributed by atoms with Gasteiger partial charge in [0, 0.05) is 33.9 Å². The van der Waals surface area contributed by atoms with Gasteiger partial charge in [-0.15, -0.1) is 0 Å². The number of methoxy groups -OCH3 is 1. The number of nitrogens with zero attached hydrogens (tertiary/aromatic N) is 2. The number of carbonyl (C=O) groups excluding carboxylic acids is 1. The van der Waals surface area contributed by atoms with Crippen LogP contribution in [0.3, 0.4) is 0 Å². The Bertz CT molecular complexity index is 1250. The molecule has 4 N–H and O–H groups in total. The van der Waals surface area contributed by atoms with Crippen molar-refractivity contribution >= 4 is 25.2 Å². The fourth-order valence-corrected chi connectivity index (χ4v) is 4.90. The third kappa shape index (κ3) is 12.8. The number of benzene rings is 1. The van der Waals surface area contributed by atoms with Crippen molar-refractivity contribution in [3.05, 3.63) is 29.6 Å². The predicted octanol–water partition coefficient (Wildman–Crippen LogP) is 6.29. The summed E-state index contributed by atoms with van der Waals surface area (Å²) in [4.78, 5) is 17.8. The highest BCUT2D eigenvalue weighted by atomic mass is 28.3. The molecular formula is C31H54F3N5O5Si. The van der Waals surface area contributed by atoms with Crippen LogP contribution < -0.4 is 16.4 Å². The number of nitrogens with one attached hydrogen (secondary N) is 2. The van der Waals surface area contributed by atoms with Crippen LogP contribution in [0.15, 0.2) is 18.2 Å². The van der Waals surface area contributed by atoms with Crippen molar-refractivity contribution in [2.75, 3.05) is 33.5 Å². The lowest BCUT2D eigenvalue weighted by atomic mass is 10.0. The van der Waals surface area contributed by atoms with E-state index in [0.29, 0.717) is 30.8 Å². The molecule has 2 rings (SSSR count). The molecule has 0 aliphatic rings. The van der Waals surface area contributed by atoms with E-state index in [1.165, 1.54) is 0 Å². The first-order valence-electron chi connectivity index (χ1n) is 15.2. The Morgan fingerprint density at radius 1 is 1.04 bits per heavy atom. The van der Waals surface area contributed by atoms with Gasteiger partial charge in [0.15, 0.2) is 5.60 Å². The highest BCUT2D eigenvalue weighted by molar-refractivity contribution is 6.76. The van der Waals surface area contributed by atoms with Gasteiger partial charge < -0.3 is 39.9 Å². The third-order valence-electron chi connectivity index (χ3n) is 6.85. The quantitative estimate of drug-likeness (QED) is 0.142. The van der Waals surface area contributed by atoms with Crippen molar-refractivity contribution in [1.82, 2.24) is 20.2 Å². The monoisotopic (exact) mass is 661 g/mol. The number of rotatable bonds is 16. The third-order valence-corrected chi connectivity index (χ3v) is 8.56. The molecule has 45 heavy (non-hydrogen) atoms. The summed E-state index contributed by atoms with van der Waals surface area (Å²) in [6.07, 6.45) is -5.45. The van der Waals surface area contributed by atoms with Crippen LogP contribution in [0.2, 0.25) is 25.7 Å². The van der Waals surface area contributed by atoms with Crippen molar-refractivity contribution in [2.45, 2.75) is 116 Å². The zero-order valence-corrected chi connectivity index (χ0v) is 29.8. The summed E-state index contributed by atoms with van der Waals surface area (Å²) < 4.78 is 65.4. The van der Waals surface area contributed by atoms with Crippen LogP contribution in [-0.2, 0) is 25.7 Å². The van der Waals surface area contributed by atoms with Crippen molar-refractivity contribution in [1.29, 1.82) is 0 Å². The van der Waals surface area contributed by atoms with Crippen LogP contribution in [0.25, 0.3) is 11.0 Å². The Hall–Kier alpha value is -2.23. The van der Waals surface area contributed by atoms with E-state index >= 15 is 0 Å². The molecule has 1 amide bonds. The number of amides is 1. The molecular weight excluding hydrogens is 607 g/mol. The van der Waals surface area contributed by atoms with Crippen LogP contribution in [0.5, 0.6) is 0 Å². The lowest BCUT2D eigenvalue weighted by Crippen LogP contribution is -2.45. The number of alkyl halides is 3. The van der Waals surface area contributed by atoms with Crippen molar-refractivity contribution in [3.63, 3.8) is 0 Å². The van der Waals surface area contributed by atoms with Crippen LogP contribution >= 0.6 is 0 Å². The molecule has 14 heteroatoms. The number of alkyl carbamates (subject to hydrolysis) is 1. The van der Waals surface area contributed by atoms with E-state index in [4.69, 9.17) is 29.7 Å². The number of fused-ring (bicyclic) bond motifs is 1. The molecule has 1 heterocycles. The number of imidazole rings is 1. The first-order valence-corrected chi connectivity index (χ1v) is 18.9. The minimum absolute atomic E-state index is 0.0753. The van der Waals surface area contributed by atoms with Crippen molar-refractivity contribution in [3.8, 4) is 0 Å². The summed E-state index contributed by atoms with van der Waals surface area (Å²) >= 11 is 0. The predicted molar refractivity (Wildman–Crippen MR) is 173 cm³/mol. The molecule has 10 nitrogen and oxygen atoms in total. The summed E-state index contributed by atoms with van der Waals surface area (Å²) in [5.41, 5.74) is 4.56. The Balaban J connectivity index is 2.61. The molecule has 2 aromatic rings. The van der Waals surface area contributed by atoms with Gasteiger partial charge in [-0.2, -0.15) is 13.2 Å². The Morgan fingerprint density at radius 3 is 2.22 bits per heavy atom. The second-order valence-corrected chi connectivity index (χ2v) is 20.5. The van der Waals surface area contributed by atoms with Crippen LogP contribution in [0, 0.1) is 0 Å². The largest absolute Gasteiger partial charge is 0.444 e. The summed E-state index contributed by atoms with van der Waals surface area (Å²) in [5, 5.41) is 6.13. The maximum absolute atomic E-state index is 13.7. The highest BCUT2D eigenvalue weighted by Gasteiger charge is 2.49. The average molecular weight is 662 g/mol. The van der Waals surface area contributed by atoms with Gasteiger partial charge >= 0.3 is 12.3 Å². The first-order chi connectivity index (χ1) is 20.4. The number of nitrogens with two attached hydrogens (primary N) is 1. The van der Waals surface area contributed by atoms with E-state index < -0.39 is 49.7 Å². The summed E-state index contributed by atoms with van der Waals surface area (Å²) in [7, 11) is 0.220. The maximum atomic E-state index is 13.7. The molecule has 0 bridgehead atoms. The van der Waals surface area contributed by atoms with Gasteiger partial charge in [0.1, 0.15) is 24.2 Å². The molecule has 1 unspecified atom stereocenters. The van der Waals surface area contributed by atoms with E-state index in [-0.39, 0.29) is 18.6 Å². The number of carbonyl (C=O) groups is 1. The van der Waals surface area contributed by atoms with Gasteiger partial charge in [0.05, 0.1) is 30.3 Å². The van der Waals surface area contributed by atoms with E-state index in [9.17, 15) is 18.0 Å². The van der Waals surface area contributed by atoms with Gasteiger partial charge in [0.25, 0.3) is 0 Å². The summed E-state index contributed by atoms with van der Waals surface area (Å²) in [6, 6.07) is 5.34. The fourth-order valence-electron chi connectivity index (χ4n) is 4.15. The maximum Gasteiger partial charge on any atom is 0.416 e. The van der Waals surface area contributed by atoms with Gasteiger partial charge in [-0.25, -0.2) is 9.78 Å². The lowest BCUT2D eigenvalue weighted by Gasteiger charge is -2.30. The Labute approximate surface area is 266 Å². The molecule has 1 aromatic heterocycles. The zero-order valence-electron chi connectivity index (χ0n) is 28.8. The van der Waals surface area contributed by atoms with Crippen LogP contribution in [-0.4, -0.2) is 80.1 Å². The Kier molecular flexibility index (Phi) is 13.1. The number of ether oxygens (including phenoxy) is 4. The van der Waals surface area contributed by atoms with Gasteiger partial charge in [-0.05, 0) is 72.2 Å². The normalized spacial score (nSPS) is 14.9. The molecule has 0 aliphatic carbocycles. The van der Waals surface area contributed by atoms with Crippen molar-refractivity contribution < 1.29 is 36.9 Å². The molecule has 258 valence electrons. The number of hydrogen-bond acceptors (Lipinski definition) is 8. The molecule has 0 aliphatic heterocycles. The number of aromatic nitrogens is 2. The highest BCUT2D eigenvalue weighted by Crippen LogP contribution is 2.34. The van der Waals surface area contributed by atoms with E-state index in [1.807, 2.05) is 32.0 Å². The van der Waals surface area contributed by atoms with E-state index in [2.05, 4.69) is 30.3 Å². The smallest absolute Gasteiger partial charge is 0.416 e. The van der Waals surface area contributed by atoms with Gasteiger partial charge in [-0.1, -0.05) is 25.7 Å². The van der Waals surface area contributed by atoms with Crippen LogP contribution in [0.4, 0.5) is 18.0 Å². The molecule has 2 atom stereocenters. The fraction of sp³-hybridized carbons (Fsp3) is 0.742. The van der Waals surface area contributed by atoms with Crippen LogP contribution in [0.1, 0.15) is 71.9 Å². The van der Waals surface area contributed by atoms with E-state index in [0.717, 1.165) is 25.5 Å². The first kappa shape index (κ1) is 38.9. The summed E-state index contributed by atoms with van der Waals surface area (Å²) in [5.74, 6) is 0.276. The van der Waals surface area contributed by atoms with Gasteiger partial charge in [0.2, 0.25) is 0 Å². The molecule has 0 saturated heterocycles. The SMILES string of the molecule is COCC(NCC(C)(C)N)c1ccc2c(c1)nc([C@H](COC(C)(C)C(F)(F)F)NC(=O)OC(C)(C)C)n2COCC[Si](C)(C)C. The molecule has 0 saturated carbocycles. The molecule has 1 aromatic carbocycles. The number of hydrogen-bond donors (Lipinski definition) is 3. The standard InChI is InChI=1S/C31H54F3N5O5Si/c1-28(2,3)44-27(40)38-24(18-43-30(6,7)31(32,33)34)26-37-22-16-21(23(17-41-8)36-19-29(4,5)35)12-13-25(22)39(26)20-42-14-15-45(9,10)11/h12-13,16,23-24,36H,14-15,17-20,35H2,1-11H3,(H,38,40)/t23?,24-/m0/s1. The molecule has 0 fully saturated rings. The number of halogens is 3. The topological polar surface area (TPSA) is 122 Å². The molecule has 0 radical (unpaired) electrons. The van der Waals surface area contributed by atoms with E-state index in [1.54, 1.807) is 32.4 Å². The lowest BCUT2D eigenvalue weighted by molar-refractivity contribution is -0.265. The zero-order chi connectivity index (χ0) is 34.4.